The summed E-state index contributed by atoms with van der Waals surface area (Å²) in [5.74, 6) is 1.82. The monoisotopic (exact) mass is 535 g/mol. The fourth-order valence-electron chi connectivity index (χ4n) is 3.07. The molecule has 0 aliphatic heterocycles. The maximum Gasteiger partial charge on any atom is 0.276 e. The number of nitrogens with zero attached hydrogens (tertiary/aromatic N) is 5. The summed E-state index contributed by atoms with van der Waals surface area (Å²) in [5.41, 5.74) is 3.18. The van der Waals surface area contributed by atoms with Crippen LogP contribution in [0, 0.1) is 6.92 Å². The zero-order valence-corrected chi connectivity index (χ0v) is 20.5. The predicted octanol–water partition coefficient (Wildman–Crippen LogP) is 3.29. The van der Waals surface area contributed by atoms with Crippen LogP contribution in [0.25, 0.3) is 11.6 Å². The van der Waals surface area contributed by atoms with Gasteiger partial charge < -0.3 is 20.1 Å². The van der Waals surface area contributed by atoms with E-state index in [1.165, 1.54) is 11.3 Å². The van der Waals surface area contributed by atoms with E-state index in [-0.39, 0.29) is 24.0 Å². The molecule has 0 unspecified atom stereocenters. The molecule has 2 heterocycles. The van der Waals surface area contributed by atoms with Crippen LogP contribution < -0.4 is 15.5 Å². The third-order valence-corrected chi connectivity index (χ3v) is 4.64. The van der Waals surface area contributed by atoms with Crippen molar-refractivity contribution in [2.45, 2.75) is 20.3 Å². The first-order valence-corrected chi connectivity index (χ1v) is 10.2. The van der Waals surface area contributed by atoms with Crippen molar-refractivity contribution < 1.29 is 4.52 Å². The molecule has 1 aromatic carbocycles. The number of nitrogens with one attached hydrogen (secondary N) is 2. The van der Waals surface area contributed by atoms with Crippen LogP contribution in [0.5, 0.6) is 0 Å². The second kappa shape index (κ2) is 12.9. The standard InChI is InChI=1S/C22H29N7O.HI/c1-4-29(18-9-7-8-17(2)16-18)15-14-26-22(23-3)25-13-11-20-27-21(30-28-20)19-10-5-6-12-24-19;/h5-10,12,16H,4,11,13-15H2,1-3H3,(H2,23,25,26);1H. The largest absolute Gasteiger partial charge is 0.370 e. The average Bonchev–Trinajstić information content (AvgIpc) is 3.25. The molecule has 0 amide bonds. The fourth-order valence-corrected chi connectivity index (χ4v) is 3.07. The molecule has 166 valence electrons. The van der Waals surface area contributed by atoms with Gasteiger partial charge in [-0.1, -0.05) is 23.4 Å². The van der Waals surface area contributed by atoms with Crippen molar-refractivity contribution in [1.29, 1.82) is 0 Å². The number of hydrogen-bond acceptors (Lipinski definition) is 6. The molecule has 0 aliphatic rings. The van der Waals surface area contributed by atoms with Crippen LogP contribution in [0.15, 0.2) is 58.2 Å². The Hall–Kier alpha value is -2.69. The van der Waals surface area contributed by atoms with E-state index in [1.54, 1.807) is 13.2 Å². The average molecular weight is 535 g/mol. The SMILES string of the molecule is CCN(CCNC(=NC)NCCc1noc(-c2ccccn2)n1)c1cccc(C)c1.I. The van der Waals surface area contributed by atoms with Crippen LogP contribution in [0.4, 0.5) is 5.69 Å². The number of pyridine rings is 1. The Bertz CT molecular complexity index is 946. The van der Waals surface area contributed by atoms with Crippen molar-refractivity contribution in [3.8, 4) is 11.6 Å². The lowest BCUT2D eigenvalue weighted by Crippen LogP contribution is -2.42. The van der Waals surface area contributed by atoms with Gasteiger partial charge in [0.2, 0.25) is 0 Å². The Morgan fingerprint density at radius 3 is 2.68 bits per heavy atom. The third kappa shape index (κ3) is 7.50. The molecule has 0 atom stereocenters. The zero-order valence-electron chi connectivity index (χ0n) is 18.2. The zero-order chi connectivity index (χ0) is 21.2. The summed E-state index contributed by atoms with van der Waals surface area (Å²) >= 11 is 0. The van der Waals surface area contributed by atoms with Gasteiger partial charge in [0, 0.05) is 51.5 Å². The van der Waals surface area contributed by atoms with Crippen LogP contribution in [0.1, 0.15) is 18.3 Å². The Labute approximate surface area is 200 Å². The normalized spacial score (nSPS) is 11.0. The molecule has 0 saturated carbocycles. The van der Waals surface area contributed by atoms with Crippen LogP contribution in [-0.2, 0) is 6.42 Å². The van der Waals surface area contributed by atoms with Gasteiger partial charge in [-0.05, 0) is 43.7 Å². The van der Waals surface area contributed by atoms with E-state index in [0.29, 0.717) is 30.4 Å². The van der Waals surface area contributed by atoms with Crippen LogP contribution in [0.2, 0.25) is 0 Å². The number of likely N-dealkylation sites (N-methyl/N-ethyl adjacent to an activating group) is 1. The van der Waals surface area contributed by atoms with E-state index in [9.17, 15) is 0 Å². The number of aliphatic imine (C=N–C) groups is 1. The predicted molar refractivity (Wildman–Crippen MR) is 135 cm³/mol. The molecule has 9 heteroatoms. The highest BCUT2D eigenvalue weighted by Gasteiger charge is 2.10. The van der Waals surface area contributed by atoms with Gasteiger partial charge >= 0.3 is 0 Å². The number of aryl methyl sites for hydroxylation is 1. The maximum atomic E-state index is 5.29. The molecule has 3 rings (SSSR count). The number of anilines is 1. The molecule has 0 fully saturated rings. The van der Waals surface area contributed by atoms with Crippen LogP contribution in [0.3, 0.4) is 0 Å². The number of rotatable bonds is 9. The first kappa shape index (κ1) is 24.6. The number of benzene rings is 1. The summed E-state index contributed by atoms with van der Waals surface area (Å²) in [7, 11) is 1.76. The molecule has 31 heavy (non-hydrogen) atoms. The molecule has 0 radical (unpaired) electrons. The number of guanidine groups is 1. The highest BCUT2D eigenvalue weighted by Crippen LogP contribution is 2.15. The summed E-state index contributed by atoms with van der Waals surface area (Å²) in [5, 5.41) is 10.7. The summed E-state index contributed by atoms with van der Waals surface area (Å²) in [4.78, 5) is 15.2. The van der Waals surface area contributed by atoms with Crippen molar-refractivity contribution in [3.63, 3.8) is 0 Å². The Kier molecular flexibility index (Phi) is 10.2. The van der Waals surface area contributed by atoms with E-state index < -0.39 is 0 Å². The van der Waals surface area contributed by atoms with E-state index in [2.05, 4.69) is 73.8 Å². The Morgan fingerprint density at radius 2 is 1.97 bits per heavy atom. The highest BCUT2D eigenvalue weighted by molar-refractivity contribution is 14.0. The van der Waals surface area contributed by atoms with Crippen molar-refractivity contribution in [2.75, 3.05) is 38.1 Å². The molecule has 0 spiro atoms. The molecule has 2 aromatic heterocycles. The highest BCUT2D eigenvalue weighted by atomic mass is 127. The molecular weight excluding hydrogens is 505 g/mol. The summed E-state index contributed by atoms with van der Waals surface area (Å²) in [6.07, 6.45) is 2.33. The number of halogens is 1. The van der Waals surface area contributed by atoms with Gasteiger partial charge in [-0.2, -0.15) is 4.98 Å². The minimum atomic E-state index is 0. The lowest BCUT2D eigenvalue weighted by Gasteiger charge is -2.24. The molecule has 0 aliphatic carbocycles. The molecule has 0 saturated heterocycles. The van der Waals surface area contributed by atoms with Crippen molar-refractivity contribution in [2.24, 2.45) is 4.99 Å². The Morgan fingerprint density at radius 1 is 1.13 bits per heavy atom. The van der Waals surface area contributed by atoms with Crippen molar-refractivity contribution in [3.05, 3.63) is 60.0 Å². The van der Waals surface area contributed by atoms with Gasteiger partial charge in [0.1, 0.15) is 5.69 Å². The number of hydrogen-bond donors (Lipinski definition) is 2. The van der Waals surface area contributed by atoms with Gasteiger partial charge in [-0.25, -0.2) is 0 Å². The summed E-state index contributed by atoms with van der Waals surface area (Å²) in [6.45, 7) is 7.56. The minimum Gasteiger partial charge on any atom is -0.370 e. The lowest BCUT2D eigenvalue weighted by atomic mass is 10.2. The fraction of sp³-hybridized carbons (Fsp3) is 0.364. The van der Waals surface area contributed by atoms with Gasteiger partial charge in [-0.3, -0.25) is 9.98 Å². The summed E-state index contributed by atoms with van der Waals surface area (Å²) in [6, 6.07) is 14.2. The van der Waals surface area contributed by atoms with Crippen LogP contribution in [-0.4, -0.2) is 54.3 Å². The smallest absolute Gasteiger partial charge is 0.276 e. The van der Waals surface area contributed by atoms with E-state index in [1.807, 2.05) is 18.2 Å². The van der Waals surface area contributed by atoms with Gasteiger partial charge in [0.05, 0.1) is 0 Å². The Balaban J connectivity index is 0.00000341. The molecular formula is C22H30IN7O. The van der Waals surface area contributed by atoms with Gasteiger partial charge in [-0.15, -0.1) is 24.0 Å². The maximum absolute atomic E-state index is 5.29. The van der Waals surface area contributed by atoms with Crippen molar-refractivity contribution >= 4 is 35.6 Å². The molecule has 8 nitrogen and oxygen atoms in total. The topological polar surface area (TPSA) is 91.5 Å². The van der Waals surface area contributed by atoms with Crippen LogP contribution >= 0.6 is 24.0 Å². The lowest BCUT2D eigenvalue weighted by molar-refractivity contribution is 0.421. The van der Waals surface area contributed by atoms with Crippen molar-refractivity contribution in [1.82, 2.24) is 25.8 Å². The molecule has 2 N–H and O–H groups in total. The van der Waals surface area contributed by atoms with Gasteiger partial charge in [0.25, 0.3) is 5.89 Å². The minimum absolute atomic E-state index is 0. The first-order valence-electron chi connectivity index (χ1n) is 10.2. The molecule has 3 aromatic rings. The second-order valence-electron chi connectivity index (χ2n) is 6.83. The van der Waals surface area contributed by atoms with Gasteiger partial charge in [0.15, 0.2) is 11.8 Å². The van der Waals surface area contributed by atoms with E-state index in [0.717, 1.165) is 25.6 Å². The number of aromatic nitrogens is 3. The third-order valence-electron chi connectivity index (χ3n) is 4.64. The molecule has 0 bridgehead atoms. The van der Waals surface area contributed by atoms with E-state index >= 15 is 0 Å². The second-order valence-corrected chi connectivity index (χ2v) is 6.83. The summed E-state index contributed by atoms with van der Waals surface area (Å²) < 4.78 is 5.29. The first-order chi connectivity index (χ1) is 14.7. The quantitative estimate of drug-likeness (QED) is 0.247. The van der Waals surface area contributed by atoms with E-state index in [4.69, 9.17) is 4.52 Å².